The number of hydrogen-bond acceptors (Lipinski definition) is 33. The van der Waals surface area contributed by atoms with E-state index in [0.29, 0.717) is 54.9 Å². The van der Waals surface area contributed by atoms with Crippen molar-refractivity contribution >= 4 is 142 Å². The first kappa shape index (κ1) is 120. The summed E-state index contributed by atoms with van der Waals surface area (Å²) in [7, 11) is -7.79. The van der Waals surface area contributed by atoms with E-state index in [0.717, 1.165) is 73.6 Å². The summed E-state index contributed by atoms with van der Waals surface area (Å²) in [6.07, 6.45) is 37.6. The maximum absolute atomic E-state index is 13.8. The zero-order valence-corrected chi connectivity index (χ0v) is 83.8. The lowest BCUT2D eigenvalue weighted by Gasteiger charge is -2.22. The highest BCUT2D eigenvalue weighted by Gasteiger charge is 2.40. The van der Waals surface area contributed by atoms with Crippen molar-refractivity contribution in [3.05, 3.63) is 81.4 Å². The number of nitrogens with zero attached hydrogens (tertiary/aromatic N) is 3. The monoisotopic (exact) mass is 2040 g/mol. The molecule has 2 unspecified atom stereocenters. The van der Waals surface area contributed by atoms with Gasteiger partial charge in [0.15, 0.2) is 12.1 Å². The highest BCUT2D eigenvalue weighted by Crippen LogP contribution is 2.43. The number of rotatable bonds is 80. The largest absolute Gasteiger partial charge is 0.494 e. The zero-order valence-electron chi connectivity index (χ0n) is 79.7. The smallest absolute Gasteiger partial charge is 0.472 e. The van der Waals surface area contributed by atoms with Gasteiger partial charge in [0, 0.05) is 120 Å². The third kappa shape index (κ3) is 50.0. The first-order chi connectivity index (χ1) is 66.4. The fourth-order valence-electron chi connectivity index (χ4n) is 14.7. The van der Waals surface area contributed by atoms with E-state index in [9.17, 15) is 85.3 Å². The number of carboxylic acids is 1. The molecule has 2 aromatic carbocycles. The van der Waals surface area contributed by atoms with E-state index >= 15 is 0 Å². The molecule has 0 radical (unpaired) electrons. The van der Waals surface area contributed by atoms with Crippen LogP contribution in [0.3, 0.4) is 0 Å². The molecule has 1 fully saturated rings. The van der Waals surface area contributed by atoms with Crippen molar-refractivity contribution < 1.29 is 138 Å². The molecule has 2 aromatic heterocycles. The Bertz CT molecular complexity index is 4600. The number of phosphoric ester groups is 1. The maximum atomic E-state index is 13.8. The maximum Gasteiger partial charge on any atom is 0.472 e. The third-order valence-electron chi connectivity index (χ3n) is 22.1. The predicted octanol–water partition coefficient (Wildman–Crippen LogP) is 10.7. The number of carbonyl (C=O) groups is 12. The van der Waals surface area contributed by atoms with Crippen molar-refractivity contribution in [2.45, 2.75) is 300 Å². The van der Waals surface area contributed by atoms with Gasteiger partial charge in [0.2, 0.25) is 56.8 Å². The normalized spacial score (nSPS) is 13.9. The number of sulfonamides is 1. The van der Waals surface area contributed by atoms with E-state index in [4.69, 9.17) is 38.5 Å². The first-order valence-electron chi connectivity index (χ1n) is 47.4. The molecule has 4 aromatic rings. The van der Waals surface area contributed by atoms with Crippen molar-refractivity contribution in [1.29, 1.82) is 0 Å². The molecule has 5 rings (SSSR count). The van der Waals surface area contributed by atoms with Gasteiger partial charge < -0.3 is 70.4 Å². The van der Waals surface area contributed by atoms with Gasteiger partial charge in [-0.25, -0.2) is 28.5 Å². The van der Waals surface area contributed by atoms with Crippen LogP contribution in [0.2, 0.25) is 0 Å². The molecule has 43 nitrogen and oxygen atoms in total. The SMILES string of the molecule is CCCCCCCCCCCCCCCCCC(=O)OC[C@H](COP(=O)(O)OCCNC(=O)COCCNC(=O)CCN1C(=O)CC(SCC(=O)N[C@@H](CSOOO)C(=O)N[C@@H](CSOOO)C(=O)NNC(=O)CCCOc2cc(C)c(S(=O)(=O)N[C@@H](CNC(=O)c3cn(C)c4cc(CNc5ncc[nH]5)ccc4c3=O)C(=O)O)c(C)c2)C1=O)OC(=O)CCCCCCCCCCCCCCCCC. The highest BCUT2D eigenvalue weighted by atomic mass is 32.2. The van der Waals surface area contributed by atoms with Crippen LogP contribution in [0.1, 0.15) is 272 Å². The number of imide groups is 1. The lowest BCUT2D eigenvalue weighted by Crippen LogP contribution is -2.57. The Labute approximate surface area is 818 Å². The van der Waals surface area contributed by atoms with Gasteiger partial charge in [-0.15, -0.1) is 20.4 Å². The number of aromatic nitrogens is 3. The second-order valence-electron chi connectivity index (χ2n) is 33.4. The van der Waals surface area contributed by atoms with E-state index in [1.807, 2.05) is 0 Å². The number of carbonyl (C=O) groups excluding carboxylic acids is 11. The number of likely N-dealkylation sites (tertiary alicyclic amines) is 1. The van der Waals surface area contributed by atoms with Gasteiger partial charge in [0.05, 0.1) is 59.3 Å². The quantitative estimate of drug-likeness (QED) is 0.00371. The number of unbranched alkanes of at least 4 members (excludes halogenated alkanes) is 28. The zero-order chi connectivity index (χ0) is 101. The summed E-state index contributed by atoms with van der Waals surface area (Å²) in [6, 6.07) is 2.58. The lowest BCUT2D eigenvalue weighted by molar-refractivity contribution is -0.432. The lowest BCUT2D eigenvalue weighted by atomic mass is 10.0. The molecule has 138 heavy (non-hydrogen) atoms. The molecule has 0 aliphatic carbocycles. The number of phosphoric acid groups is 1. The van der Waals surface area contributed by atoms with Gasteiger partial charge in [-0.2, -0.15) is 4.72 Å². The molecule has 776 valence electrons. The van der Waals surface area contributed by atoms with E-state index in [2.05, 4.69) is 90.0 Å². The van der Waals surface area contributed by atoms with E-state index in [-0.39, 0.29) is 104 Å². The number of anilines is 1. The number of benzene rings is 2. The second kappa shape index (κ2) is 69.9. The van der Waals surface area contributed by atoms with Crippen LogP contribution in [-0.2, 0) is 123 Å². The van der Waals surface area contributed by atoms with Gasteiger partial charge in [-0.3, -0.25) is 87.1 Å². The Hall–Kier alpha value is -8.91. The number of nitrogens with one attached hydrogen (secondary N) is 10. The molecule has 1 aliphatic rings. The van der Waals surface area contributed by atoms with Gasteiger partial charge in [-0.1, -0.05) is 210 Å². The Morgan fingerprint density at radius 1 is 0.616 bits per heavy atom. The molecule has 48 heteroatoms. The van der Waals surface area contributed by atoms with Crippen LogP contribution in [0.25, 0.3) is 10.9 Å². The number of thioether (sulfide) groups is 1. The minimum Gasteiger partial charge on any atom is -0.494 e. The van der Waals surface area contributed by atoms with Crippen LogP contribution < -0.4 is 57.6 Å². The third-order valence-corrected chi connectivity index (χ3v) is 27.3. The van der Waals surface area contributed by atoms with Gasteiger partial charge in [0.1, 0.15) is 42.7 Å². The minimum atomic E-state index is -4.79. The number of fused-ring (bicyclic) bond motifs is 1. The molecule has 3 heterocycles. The van der Waals surface area contributed by atoms with E-state index in [1.165, 1.54) is 161 Å². The Balaban J connectivity index is 0.970. The van der Waals surface area contributed by atoms with Crippen LogP contribution in [-0.4, -0.2) is 232 Å². The van der Waals surface area contributed by atoms with E-state index in [1.54, 1.807) is 42.2 Å². The summed E-state index contributed by atoms with van der Waals surface area (Å²) in [5, 5.41) is 49.1. The average molecular weight is 2050 g/mol. The van der Waals surface area contributed by atoms with Crippen LogP contribution in [0.15, 0.2) is 58.6 Å². The molecule has 0 saturated carbocycles. The van der Waals surface area contributed by atoms with Gasteiger partial charge in [-0.05, 0) is 74.1 Å². The molecular formula is C90H142N13O30PS4. The topological polar surface area (TPSA) is 591 Å². The number of hydrazine groups is 1. The number of imidazole rings is 1. The fourth-order valence-corrected chi connectivity index (χ4v) is 19.0. The van der Waals surface area contributed by atoms with Crippen molar-refractivity contribution in [2.24, 2.45) is 7.05 Å². The number of ether oxygens (including phenoxy) is 4. The second-order valence-corrected chi connectivity index (χ2v) is 39.1. The van der Waals surface area contributed by atoms with Crippen LogP contribution >= 0.6 is 43.7 Å². The Morgan fingerprint density at radius 3 is 1.74 bits per heavy atom. The number of pyridine rings is 1. The number of aliphatic carboxylic acids is 1. The number of carboxylic acid groups (broad SMARTS) is 1. The van der Waals surface area contributed by atoms with Crippen molar-refractivity contribution in [1.82, 2.24) is 61.6 Å². The fraction of sp³-hybridized carbons (Fsp3) is 0.667. The summed E-state index contributed by atoms with van der Waals surface area (Å²) in [5.74, 6) is -10.9. The predicted molar refractivity (Wildman–Crippen MR) is 515 cm³/mol. The summed E-state index contributed by atoms with van der Waals surface area (Å²) in [6.45, 7) is 3.89. The van der Waals surface area contributed by atoms with Crippen molar-refractivity contribution in [3.8, 4) is 5.75 Å². The average Bonchev–Trinajstić information content (AvgIpc) is 0.801. The summed E-state index contributed by atoms with van der Waals surface area (Å²) in [5.41, 5.74) is 4.87. The van der Waals surface area contributed by atoms with Gasteiger partial charge >= 0.3 is 25.7 Å². The minimum absolute atomic E-state index is 0.00569. The molecule has 6 atom stereocenters. The summed E-state index contributed by atoms with van der Waals surface area (Å²) < 4.78 is 85.4. The molecular weight excluding hydrogens is 1900 g/mol. The van der Waals surface area contributed by atoms with Crippen LogP contribution in [0, 0.1) is 13.8 Å². The van der Waals surface area contributed by atoms with Crippen molar-refractivity contribution in [3.63, 3.8) is 0 Å². The summed E-state index contributed by atoms with van der Waals surface area (Å²) >= 11 is 1.37. The number of aryl methyl sites for hydroxylation is 3. The number of H-pyrrole nitrogens is 1. The molecule has 1 aliphatic heterocycles. The van der Waals surface area contributed by atoms with Crippen LogP contribution in [0.4, 0.5) is 5.95 Å². The Kier molecular flexibility index (Phi) is 60.5. The molecule has 1 saturated heterocycles. The molecule has 0 spiro atoms. The number of esters is 2. The Morgan fingerprint density at radius 2 is 1.17 bits per heavy atom. The standard InChI is InChI=1S/C90H142N13O30PS4/c1-6-8-10-12-14-16-18-20-22-24-26-28-30-32-34-38-81(109)126-58-68(129-82(110)39-35-33-31-29-27-25-23-21-19-17-15-13-11-9-7-2)59-128-134(120,121)127-50-46-92-78(106)60-124-49-45-91-76(104)42-47-103-80(108)54-75(88(103)115)135-63-79(107)97-72(61-136-132-130-118)86(113)98-73(62-137-133-131-119)87(114)100-99-77(105)37-36-48-125-67-51-64(3)84(65(4)52-67)138(122,123)101-71(89(116)117)56-95-85(112)70-57-102(5)74-53-66(40-41-69(74)83(70)111)55-96-90-93-43-44-94-90/h40-41,43-44,51-53,57,68,71-73,75,101,118-119H,6-39,42,45-50,54-56,58-63H2,1-5H3,(H,91,104)(H,92,106)(H,95,112)(H,97,107)(H,98,113)(H,99,105)(H,100,114)(H,116,117)(H,120,121)(H2,93,94,96)/t68-,71+,72+,73+,75?/m1/s1. The van der Waals surface area contributed by atoms with E-state index < -0.39 is 174 Å². The number of aromatic amines is 1. The number of hydrogen-bond donors (Lipinski definition) is 14. The van der Waals surface area contributed by atoms with Gasteiger partial charge in [0.25, 0.3) is 11.8 Å². The van der Waals surface area contributed by atoms with Crippen molar-refractivity contribution in [2.75, 3.05) is 88.4 Å². The molecule has 9 amide bonds. The number of amides is 9. The molecule has 0 bridgehead atoms. The first-order valence-corrected chi connectivity index (χ1v) is 53.3. The molecule has 14 N–H and O–H groups in total. The summed E-state index contributed by atoms with van der Waals surface area (Å²) in [4.78, 5) is 188. The van der Waals surface area contributed by atoms with Crippen LogP contribution in [0.5, 0.6) is 5.75 Å². The highest BCUT2D eigenvalue weighted by molar-refractivity contribution is 8.01.